The summed E-state index contributed by atoms with van der Waals surface area (Å²) in [6, 6.07) is 1.87. The Hall–Kier alpha value is -0.570. The van der Waals surface area contributed by atoms with Crippen LogP contribution in [0.3, 0.4) is 0 Å². The van der Waals surface area contributed by atoms with Crippen LogP contribution < -0.4 is 5.56 Å². The molecular formula is C12H18BrNO. The van der Waals surface area contributed by atoms with E-state index in [0.717, 1.165) is 23.0 Å². The van der Waals surface area contributed by atoms with Gasteiger partial charge in [-0.1, -0.05) is 26.2 Å². The predicted molar refractivity (Wildman–Crippen MR) is 67.3 cm³/mol. The Morgan fingerprint density at radius 1 is 1.33 bits per heavy atom. The van der Waals surface area contributed by atoms with Gasteiger partial charge < -0.3 is 4.57 Å². The number of nitrogens with zero attached hydrogens (tertiary/aromatic N) is 1. The van der Waals surface area contributed by atoms with E-state index in [1.807, 2.05) is 19.2 Å². The van der Waals surface area contributed by atoms with Gasteiger partial charge >= 0.3 is 0 Å². The van der Waals surface area contributed by atoms with E-state index in [1.54, 1.807) is 4.57 Å². The molecule has 1 heterocycles. The van der Waals surface area contributed by atoms with Crippen molar-refractivity contribution in [2.75, 3.05) is 0 Å². The van der Waals surface area contributed by atoms with Gasteiger partial charge in [0.1, 0.15) is 0 Å². The Labute approximate surface area is 99.4 Å². The molecule has 0 saturated heterocycles. The molecule has 1 aromatic rings. The molecule has 0 aliphatic carbocycles. The quantitative estimate of drug-likeness (QED) is 0.752. The summed E-state index contributed by atoms with van der Waals surface area (Å²) in [5.41, 5.74) is 0.939. The molecule has 0 amide bonds. The van der Waals surface area contributed by atoms with Gasteiger partial charge in [0.05, 0.1) is 0 Å². The van der Waals surface area contributed by atoms with E-state index in [2.05, 4.69) is 22.9 Å². The van der Waals surface area contributed by atoms with Crippen molar-refractivity contribution in [3.63, 3.8) is 0 Å². The molecular weight excluding hydrogens is 254 g/mol. The number of hydrogen-bond donors (Lipinski definition) is 0. The molecule has 0 aliphatic heterocycles. The molecule has 0 saturated carbocycles. The van der Waals surface area contributed by atoms with Crippen LogP contribution in [0, 0.1) is 6.92 Å². The molecule has 0 aromatic carbocycles. The molecule has 1 rings (SSSR count). The fraction of sp³-hybridized carbons (Fsp3) is 0.583. The lowest BCUT2D eigenvalue weighted by Gasteiger charge is -2.07. The fourth-order valence-corrected chi connectivity index (χ4v) is 2.21. The van der Waals surface area contributed by atoms with Crippen molar-refractivity contribution in [1.82, 2.24) is 4.57 Å². The van der Waals surface area contributed by atoms with Crippen molar-refractivity contribution >= 4 is 15.9 Å². The van der Waals surface area contributed by atoms with Gasteiger partial charge in [0, 0.05) is 22.8 Å². The van der Waals surface area contributed by atoms with Gasteiger partial charge in [-0.25, -0.2) is 0 Å². The van der Waals surface area contributed by atoms with Crippen LogP contribution in [-0.4, -0.2) is 4.57 Å². The minimum atomic E-state index is 0.134. The smallest absolute Gasteiger partial charge is 0.253 e. The third-order valence-electron chi connectivity index (χ3n) is 2.48. The summed E-state index contributed by atoms with van der Waals surface area (Å²) in [5, 5.41) is 0. The Kier molecular flexibility index (Phi) is 5.09. The molecule has 0 bridgehead atoms. The number of unbranched alkanes of at least 4 members (excludes halogenated alkanes) is 3. The van der Waals surface area contributed by atoms with Crippen LogP contribution in [0.15, 0.2) is 21.5 Å². The molecule has 0 N–H and O–H groups in total. The van der Waals surface area contributed by atoms with Crippen LogP contribution in [0.5, 0.6) is 0 Å². The Bertz CT molecular complexity index is 370. The average Bonchev–Trinajstić information content (AvgIpc) is 2.19. The summed E-state index contributed by atoms with van der Waals surface area (Å²) in [6.07, 6.45) is 6.65. The first-order chi connectivity index (χ1) is 7.15. The van der Waals surface area contributed by atoms with Crippen LogP contribution in [0.25, 0.3) is 0 Å². The predicted octanol–water partition coefficient (Wildman–Crippen LogP) is 3.50. The van der Waals surface area contributed by atoms with Crippen LogP contribution in [0.1, 0.15) is 38.2 Å². The molecule has 0 unspecified atom stereocenters. The molecule has 0 radical (unpaired) electrons. The van der Waals surface area contributed by atoms with Crippen molar-refractivity contribution in [3.8, 4) is 0 Å². The topological polar surface area (TPSA) is 22.0 Å². The van der Waals surface area contributed by atoms with Gasteiger partial charge in [-0.3, -0.25) is 4.79 Å². The first-order valence-electron chi connectivity index (χ1n) is 5.51. The van der Waals surface area contributed by atoms with E-state index in [9.17, 15) is 4.79 Å². The molecule has 3 heteroatoms. The Morgan fingerprint density at radius 3 is 2.73 bits per heavy atom. The monoisotopic (exact) mass is 271 g/mol. The minimum Gasteiger partial charge on any atom is -0.314 e. The SMILES string of the molecule is CCCCCCn1cc(Br)cc(C)c1=O. The normalized spacial score (nSPS) is 10.6. The molecule has 0 aliphatic rings. The molecule has 1 aromatic heterocycles. The van der Waals surface area contributed by atoms with Gasteiger partial charge in [-0.2, -0.15) is 0 Å². The van der Waals surface area contributed by atoms with E-state index >= 15 is 0 Å². The highest BCUT2D eigenvalue weighted by Crippen LogP contribution is 2.09. The number of aryl methyl sites for hydroxylation is 2. The summed E-state index contributed by atoms with van der Waals surface area (Å²) in [6.45, 7) is 4.88. The van der Waals surface area contributed by atoms with Crippen LogP contribution in [0.2, 0.25) is 0 Å². The largest absolute Gasteiger partial charge is 0.314 e. The van der Waals surface area contributed by atoms with Crippen molar-refractivity contribution in [1.29, 1.82) is 0 Å². The number of rotatable bonds is 5. The first-order valence-corrected chi connectivity index (χ1v) is 6.31. The minimum absolute atomic E-state index is 0.134. The van der Waals surface area contributed by atoms with E-state index in [-0.39, 0.29) is 5.56 Å². The van der Waals surface area contributed by atoms with E-state index < -0.39 is 0 Å². The lowest BCUT2D eigenvalue weighted by molar-refractivity contribution is 0.568. The maximum Gasteiger partial charge on any atom is 0.253 e. The molecule has 15 heavy (non-hydrogen) atoms. The standard InChI is InChI=1S/C12H18BrNO/c1-3-4-5-6-7-14-9-11(13)8-10(2)12(14)15/h8-9H,3-7H2,1-2H3. The van der Waals surface area contributed by atoms with E-state index in [1.165, 1.54) is 19.3 Å². The Balaban J connectivity index is 2.64. The lowest BCUT2D eigenvalue weighted by Crippen LogP contribution is -2.21. The summed E-state index contributed by atoms with van der Waals surface area (Å²) in [7, 11) is 0. The second-order valence-corrected chi connectivity index (χ2v) is 4.82. The van der Waals surface area contributed by atoms with Crippen molar-refractivity contribution in [3.05, 3.63) is 32.7 Å². The zero-order valence-electron chi connectivity index (χ0n) is 9.42. The maximum atomic E-state index is 11.7. The molecule has 0 fully saturated rings. The first kappa shape index (κ1) is 12.5. The van der Waals surface area contributed by atoms with Crippen molar-refractivity contribution in [2.24, 2.45) is 0 Å². The number of hydrogen-bond acceptors (Lipinski definition) is 1. The molecule has 2 nitrogen and oxygen atoms in total. The zero-order valence-corrected chi connectivity index (χ0v) is 11.0. The van der Waals surface area contributed by atoms with E-state index in [0.29, 0.717) is 0 Å². The summed E-state index contributed by atoms with van der Waals surface area (Å²) >= 11 is 3.41. The third-order valence-corrected chi connectivity index (χ3v) is 2.92. The molecule has 0 spiro atoms. The maximum absolute atomic E-state index is 11.7. The van der Waals surface area contributed by atoms with Crippen molar-refractivity contribution < 1.29 is 0 Å². The molecule has 0 atom stereocenters. The summed E-state index contributed by atoms with van der Waals surface area (Å²) in [5.74, 6) is 0. The number of pyridine rings is 1. The van der Waals surface area contributed by atoms with Gasteiger partial charge in [0.15, 0.2) is 0 Å². The Morgan fingerprint density at radius 2 is 2.07 bits per heavy atom. The fourth-order valence-electron chi connectivity index (χ4n) is 1.61. The summed E-state index contributed by atoms with van der Waals surface area (Å²) < 4.78 is 2.78. The zero-order chi connectivity index (χ0) is 11.3. The second-order valence-electron chi connectivity index (χ2n) is 3.90. The second kappa shape index (κ2) is 6.11. The van der Waals surface area contributed by atoms with Gasteiger partial charge in [0.2, 0.25) is 0 Å². The lowest BCUT2D eigenvalue weighted by atomic mass is 10.2. The number of aromatic nitrogens is 1. The third kappa shape index (κ3) is 3.82. The number of halogens is 1. The van der Waals surface area contributed by atoms with Crippen LogP contribution in [-0.2, 0) is 6.54 Å². The summed E-state index contributed by atoms with van der Waals surface area (Å²) in [4.78, 5) is 11.7. The van der Waals surface area contributed by atoms with Crippen molar-refractivity contribution in [2.45, 2.75) is 46.1 Å². The highest BCUT2D eigenvalue weighted by molar-refractivity contribution is 9.10. The van der Waals surface area contributed by atoms with Crippen LogP contribution in [0.4, 0.5) is 0 Å². The molecule has 84 valence electrons. The highest BCUT2D eigenvalue weighted by Gasteiger charge is 2.01. The highest BCUT2D eigenvalue weighted by atomic mass is 79.9. The van der Waals surface area contributed by atoms with E-state index in [4.69, 9.17) is 0 Å². The van der Waals surface area contributed by atoms with Gasteiger partial charge in [-0.15, -0.1) is 0 Å². The van der Waals surface area contributed by atoms with Gasteiger partial charge in [-0.05, 0) is 35.3 Å². The van der Waals surface area contributed by atoms with Gasteiger partial charge in [0.25, 0.3) is 5.56 Å². The van der Waals surface area contributed by atoms with Crippen LogP contribution >= 0.6 is 15.9 Å². The average molecular weight is 272 g/mol.